The maximum Gasteiger partial charge on any atom is 0.138 e. The number of pyridine rings is 1. The summed E-state index contributed by atoms with van der Waals surface area (Å²) in [6.07, 6.45) is 2.08. The molecule has 0 unspecified atom stereocenters. The number of hydrogen-bond donors (Lipinski definition) is 0. The van der Waals surface area contributed by atoms with Gasteiger partial charge in [-0.05, 0) is 65.4 Å². The monoisotopic (exact) mass is 308 g/mol. The summed E-state index contributed by atoms with van der Waals surface area (Å²) in [5.41, 5.74) is 4.50. The zero-order chi connectivity index (χ0) is 10.4. The lowest BCUT2D eigenvalue weighted by Crippen LogP contribution is -1.84. The van der Waals surface area contributed by atoms with Crippen LogP contribution in [-0.2, 0) is 0 Å². The number of nitrogens with zero attached hydrogens (tertiary/aromatic N) is 2. The minimum absolute atomic E-state index is 1.02. The summed E-state index contributed by atoms with van der Waals surface area (Å²) in [7, 11) is 0. The molecule has 0 spiro atoms. The summed E-state index contributed by atoms with van der Waals surface area (Å²) in [4.78, 5) is 4.58. The summed E-state index contributed by atoms with van der Waals surface area (Å²) >= 11 is 2.32. The Morgan fingerprint density at radius 1 is 1.20 bits per heavy atom. The molecule has 0 saturated heterocycles. The van der Waals surface area contributed by atoms with E-state index in [9.17, 15) is 0 Å². The van der Waals surface area contributed by atoms with Crippen LogP contribution in [0, 0.1) is 10.5 Å². The standard InChI is InChI=1S/C12H9IN2/c1-8-4-5-15-11-7-9(13)2-3-10(11)14-12(15)6-8/h2-7H,1H3. The highest BCUT2D eigenvalue weighted by atomic mass is 127. The van der Waals surface area contributed by atoms with E-state index in [1.165, 1.54) is 14.7 Å². The van der Waals surface area contributed by atoms with Crippen molar-refractivity contribution in [3.63, 3.8) is 0 Å². The molecule has 1 aromatic carbocycles. The van der Waals surface area contributed by atoms with Crippen molar-refractivity contribution in [2.24, 2.45) is 0 Å². The molecule has 74 valence electrons. The van der Waals surface area contributed by atoms with Crippen LogP contribution >= 0.6 is 22.6 Å². The van der Waals surface area contributed by atoms with E-state index in [-0.39, 0.29) is 0 Å². The largest absolute Gasteiger partial charge is 0.300 e. The first-order valence-corrected chi connectivity index (χ1v) is 5.86. The number of aromatic nitrogens is 2. The van der Waals surface area contributed by atoms with Crippen molar-refractivity contribution in [1.29, 1.82) is 0 Å². The van der Waals surface area contributed by atoms with Gasteiger partial charge in [0.15, 0.2) is 0 Å². The molecule has 0 fully saturated rings. The zero-order valence-electron chi connectivity index (χ0n) is 8.24. The van der Waals surface area contributed by atoms with Crippen LogP contribution in [0.4, 0.5) is 0 Å². The van der Waals surface area contributed by atoms with Gasteiger partial charge in [0.05, 0.1) is 11.0 Å². The van der Waals surface area contributed by atoms with E-state index >= 15 is 0 Å². The van der Waals surface area contributed by atoms with Crippen LogP contribution in [0.15, 0.2) is 36.5 Å². The van der Waals surface area contributed by atoms with Crippen molar-refractivity contribution in [1.82, 2.24) is 9.38 Å². The molecule has 2 nitrogen and oxygen atoms in total. The Bertz CT molecular complexity index is 655. The van der Waals surface area contributed by atoms with E-state index in [0.29, 0.717) is 0 Å². The molecule has 0 radical (unpaired) electrons. The summed E-state index contributed by atoms with van der Waals surface area (Å²) in [6.45, 7) is 2.09. The molecular formula is C12H9IN2. The van der Waals surface area contributed by atoms with Gasteiger partial charge in [0.25, 0.3) is 0 Å². The molecule has 0 atom stereocenters. The predicted octanol–water partition coefficient (Wildman–Crippen LogP) is 3.40. The second-order valence-electron chi connectivity index (χ2n) is 3.68. The minimum Gasteiger partial charge on any atom is -0.300 e. The van der Waals surface area contributed by atoms with E-state index in [0.717, 1.165) is 11.2 Å². The molecule has 3 heteroatoms. The highest BCUT2D eigenvalue weighted by Gasteiger charge is 2.03. The highest BCUT2D eigenvalue weighted by molar-refractivity contribution is 14.1. The van der Waals surface area contributed by atoms with Crippen LogP contribution in [-0.4, -0.2) is 9.38 Å². The van der Waals surface area contributed by atoms with E-state index in [1.54, 1.807) is 0 Å². The second kappa shape index (κ2) is 3.20. The third-order valence-corrected chi connectivity index (χ3v) is 3.19. The number of fused-ring (bicyclic) bond motifs is 3. The highest BCUT2D eigenvalue weighted by Crippen LogP contribution is 2.19. The van der Waals surface area contributed by atoms with Gasteiger partial charge >= 0.3 is 0 Å². The van der Waals surface area contributed by atoms with Crippen molar-refractivity contribution in [2.75, 3.05) is 0 Å². The first-order chi connectivity index (χ1) is 7.24. The molecule has 0 N–H and O–H groups in total. The van der Waals surface area contributed by atoms with Gasteiger partial charge in [0, 0.05) is 9.77 Å². The van der Waals surface area contributed by atoms with Crippen molar-refractivity contribution in [3.8, 4) is 0 Å². The summed E-state index contributed by atoms with van der Waals surface area (Å²) in [5, 5.41) is 0. The lowest BCUT2D eigenvalue weighted by atomic mass is 10.3. The predicted molar refractivity (Wildman–Crippen MR) is 70.2 cm³/mol. The lowest BCUT2D eigenvalue weighted by Gasteiger charge is -1.96. The van der Waals surface area contributed by atoms with Crippen molar-refractivity contribution in [3.05, 3.63) is 45.7 Å². The van der Waals surface area contributed by atoms with Gasteiger partial charge in [-0.15, -0.1) is 0 Å². The third kappa shape index (κ3) is 1.42. The zero-order valence-corrected chi connectivity index (χ0v) is 10.4. The van der Waals surface area contributed by atoms with Crippen molar-refractivity contribution >= 4 is 39.3 Å². The lowest BCUT2D eigenvalue weighted by molar-refractivity contribution is 1.21. The van der Waals surface area contributed by atoms with E-state index in [1.807, 2.05) is 0 Å². The van der Waals surface area contributed by atoms with Gasteiger partial charge in [-0.1, -0.05) is 0 Å². The first kappa shape index (κ1) is 9.15. The fraction of sp³-hybridized carbons (Fsp3) is 0.0833. The van der Waals surface area contributed by atoms with Gasteiger partial charge in [-0.3, -0.25) is 4.40 Å². The Morgan fingerprint density at radius 3 is 2.93 bits per heavy atom. The van der Waals surface area contributed by atoms with E-state index in [4.69, 9.17) is 0 Å². The number of benzene rings is 1. The maximum atomic E-state index is 4.58. The Morgan fingerprint density at radius 2 is 2.07 bits per heavy atom. The molecule has 2 heterocycles. The van der Waals surface area contributed by atoms with Gasteiger partial charge in [0.1, 0.15) is 5.65 Å². The molecule has 0 aliphatic rings. The van der Waals surface area contributed by atoms with Crippen LogP contribution in [0.25, 0.3) is 16.7 Å². The Hall–Kier alpha value is -1.10. The molecule has 0 bridgehead atoms. The van der Waals surface area contributed by atoms with E-state index < -0.39 is 0 Å². The molecule has 3 rings (SSSR count). The van der Waals surface area contributed by atoms with Crippen LogP contribution in [0.5, 0.6) is 0 Å². The molecule has 2 aromatic heterocycles. The Kier molecular flexibility index (Phi) is 1.95. The summed E-state index contributed by atoms with van der Waals surface area (Å²) in [6, 6.07) is 10.5. The van der Waals surface area contributed by atoms with Crippen molar-refractivity contribution < 1.29 is 0 Å². The number of imidazole rings is 1. The Balaban J connectivity index is 2.53. The average Bonchev–Trinajstić information content (AvgIpc) is 2.54. The normalized spacial score (nSPS) is 11.3. The topological polar surface area (TPSA) is 17.3 Å². The molecule has 0 aliphatic carbocycles. The van der Waals surface area contributed by atoms with Crippen molar-refractivity contribution in [2.45, 2.75) is 6.92 Å². The quantitative estimate of drug-likeness (QED) is 0.582. The number of aryl methyl sites for hydroxylation is 1. The average molecular weight is 308 g/mol. The summed E-state index contributed by atoms with van der Waals surface area (Å²) in [5.74, 6) is 0. The molecular weight excluding hydrogens is 299 g/mol. The van der Waals surface area contributed by atoms with E-state index in [2.05, 4.69) is 75.4 Å². The third-order valence-electron chi connectivity index (χ3n) is 2.52. The molecule has 0 amide bonds. The smallest absolute Gasteiger partial charge is 0.138 e. The second-order valence-corrected chi connectivity index (χ2v) is 4.92. The van der Waals surface area contributed by atoms with Gasteiger partial charge in [0.2, 0.25) is 0 Å². The van der Waals surface area contributed by atoms with Crippen LogP contribution in [0.2, 0.25) is 0 Å². The minimum atomic E-state index is 1.02. The first-order valence-electron chi connectivity index (χ1n) is 4.78. The van der Waals surface area contributed by atoms with Gasteiger partial charge in [-0.25, -0.2) is 4.98 Å². The fourth-order valence-corrected chi connectivity index (χ4v) is 2.26. The molecule has 3 aromatic rings. The van der Waals surface area contributed by atoms with Crippen LogP contribution < -0.4 is 0 Å². The Labute approximate surface area is 101 Å². The van der Waals surface area contributed by atoms with Gasteiger partial charge in [-0.2, -0.15) is 0 Å². The number of hydrogen-bond acceptors (Lipinski definition) is 1. The molecule has 15 heavy (non-hydrogen) atoms. The maximum absolute atomic E-state index is 4.58. The SMILES string of the molecule is Cc1ccn2c(c1)nc1ccc(I)cc12. The fourth-order valence-electron chi connectivity index (χ4n) is 1.79. The number of halogens is 1. The number of rotatable bonds is 0. The van der Waals surface area contributed by atoms with Crippen LogP contribution in [0.3, 0.4) is 0 Å². The van der Waals surface area contributed by atoms with Crippen LogP contribution in [0.1, 0.15) is 5.56 Å². The van der Waals surface area contributed by atoms with Gasteiger partial charge < -0.3 is 0 Å². The summed E-state index contributed by atoms with van der Waals surface area (Å²) < 4.78 is 3.37. The molecule has 0 saturated carbocycles. The molecule has 0 aliphatic heterocycles.